The minimum absolute atomic E-state index is 0.182. The molecule has 61 heavy (non-hydrogen) atoms. The van der Waals surface area contributed by atoms with Gasteiger partial charge in [0, 0.05) is 19.3 Å². The summed E-state index contributed by atoms with van der Waals surface area (Å²) in [7, 11) is 1.87. The summed E-state index contributed by atoms with van der Waals surface area (Å²) < 4.78 is 17.0. The summed E-state index contributed by atoms with van der Waals surface area (Å²) in [6, 6.07) is 0. The van der Waals surface area contributed by atoms with E-state index in [4.69, 9.17) is 14.2 Å². The predicted molar refractivity (Wildman–Crippen MR) is 260 cm³/mol. The zero-order valence-electron chi connectivity index (χ0n) is 42.6. The molecule has 0 rings (SSSR count). The van der Waals surface area contributed by atoms with Crippen LogP contribution in [0.3, 0.4) is 0 Å². The second-order valence-corrected chi connectivity index (χ2v) is 21.1. The second-order valence-electron chi connectivity index (χ2n) is 21.1. The van der Waals surface area contributed by atoms with Crippen LogP contribution in [0.15, 0.2) is 0 Å². The van der Waals surface area contributed by atoms with Crippen molar-refractivity contribution in [2.75, 3.05) is 26.8 Å². The third-order valence-electron chi connectivity index (χ3n) is 13.2. The standard InChI is InChI=1S/C54H105NO6/c1-43(2)21-12-23-45(5)25-14-27-47(7)29-16-31-49(9)38-41-59-52(56)35-18-33-51(61-54(58)37-20-40-55-11)34-19-36-53(57)60-42-39-50(10)32-17-30-48(8)28-15-26-46(6)24-13-22-44(3)4/h43-51,55H,12-42H2,1-11H3. The molecule has 0 aliphatic carbocycles. The lowest BCUT2D eigenvalue weighted by Gasteiger charge is -2.18. The van der Waals surface area contributed by atoms with Gasteiger partial charge in [-0.1, -0.05) is 185 Å². The van der Waals surface area contributed by atoms with Gasteiger partial charge >= 0.3 is 17.9 Å². The third-order valence-corrected chi connectivity index (χ3v) is 13.2. The van der Waals surface area contributed by atoms with E-state index in [9.17, 15) is 14.4 Å². The van der Waals surface area contributed by atoms with Crippen LogP contribution in [0, 0.1) is 47.3 Å². The Morgan fingerprint density at radius 1 is 0.361 bits per heavy atom. The van der Waals surface area contributed by atoms with E-state index in [-0.39, 0.29) is 24.0 Å². The Kier molecular flexibility index (Phi) is 38.9. The molecule has 0 aromatic heterocycles. The van der Waals surface area contributed by atoms with Crippen molar-refractivity contribution in [2.24, 2.45) is 47.3 Å². The largest absolute Gasteiger partial charge is 0.466 e. The lowest BCUT2D eigenvalue weighted by Crippen LogP contribution is -2.20. The van der Waals surface area contributed by atoms with Gasteiger partial charge in [0.25, 0.3) is 0 Å². The van der Waals surface area contributed by atoms with Crippen LogP contribution < -0.4 is 5.32 Å². The number of esters is 3. The quantitative estimate of drug-likeness (QED) is 0.0371. The fourth-order valence-corrected chi connectivity index (χ4v) is 8.63. The summed E-state index contributed by atoms with van der Waals surface area (Å²) in [5.41, 5.74) is 0. The normalized spacial score (nSPS) is 15.3. The molecule has 0 aliphatic heterocycles. The Hall–Kier alpha value is -1.63. The first-order valence-electron chi connectivity index (χ1n) is 26.3. The molecule has 0 bridgehead atoms. The Labute approximate surface area is 379 Å². The first-order chi connectivity index (χ1) is 29.1. The molecule has 362 valence electrons. The second kappa shape index (κ2) is 39.9. The molecule has 0 saturated carbocycles. The van der Waals surface area contributed by atoms with E-state index in [1.165, 1.54) is 116 Å². The van der Waals surface area contributed by atoms with Gasteiger partial charge in [-0.05, 0) is 106 Å². The fourth-order valence-electron chi connectivity index (χ4n) is 8.63. The average Bonchev–Trinajstić information content (AvgIpc) is 3.17. The molecule has 0 spiro atoms. The van der Waals surface area contributed by atoms with Gasteiger partial charge < -0.3 is 19.5 Å². The molecule has 0 aliphatic rings. The highest BCUT2D eigenvalue weighted by molar-refractivity contribution is 5.70. The van der Waals surface area contributed by atoms with Crippen LogP contribution in [0.5, 0.6) is 0 Å². The highest BCUT2D eigenvalue weighted by Gasteiger charge is 2.18. The van der Waals surface area contributed by atoms with E-state index in [0.717, 1.165) is 54.9 Å². The minimum atomic E-state index is -0.316. The van der Waals surface area contributed by atoms with Crippen molar-refractivity contribution >= 4 is 17.9 Å². The summed E-state index contributed by atoms with van der Waals surface area (Å²) in [6.45, 7) is 25.2. The molecule has 0 aromatic carbocycles. The van der Waals surface area contributed by atoms with E-state index >= 15 is 0 Å². The van der Waals surface area contributed by atoms with Crippen LogP contribution in [0.4, 0.5) is 0 Å². The molecule has 7 nitrogen and oxygen atoms in total. The lowest BCUT2D eigenvalue weighted by molar-refractivity contribution is -0.150. The average molecular weight is 864 g/mol. The van der Waals surface area contributed by atoms with Crippen LogP contribution in [0.25, 0.3) is 0 Å². The molecule has 0 saturated heterocycles. The highest BCUT2D eigenvalue weighted by atomic mass is 16.5. The molecule has 7 heteroatoms. The van der Waals surface area contributed by atoms with E-state index in [1.807, 2.05) is 7.05 Å². The van der Waals surface area contributed by atoms with Crippen molar-refractivity contribution < 1.29 is 28.6 Å². The smallest absolute Gasteiger partial charge is 0.306 e. The van der Waals surface area contributed by atoms with Gasteiger partial charge in [0.1, 0.15) is 6.10 Å². The molecule has 0 radical (unpaired) electrons. The number of hydrogen-bond donors (Lipinski definition) is 1. The van der Waals surface area contributed by atoms with Gasteiger partial charge in [-0.25, -0.2) is 0 Å². The van der Waals surface area contributed by atoms with Gasteiger partial charge in [-0.15, -0.1) is 0 Å². The van der Waals surface area contributed by atoms with Crippen molar-refractivity contribution in [3.05, 3.63) is 0 Å². The number of carbonyl (C=O) groups is 3. The fraction of sp³-hybridized carbons (Fsp3) is 0.944. The van der Waals surface area contributed by atoms with Gasteiger partial charge in [-0.3, -0.25) is 14.4 Å². The molecule has 0 aromatic rings. The molecule has 1 N–H and O–H groups in total. The molecule has 0 amide bonds. The highest BCUT2D eigenvalue weighted by Crippen LogP contribution is 2.25. The maximum absolute atomic E-state index is 12.6. The molecule has 6 unspecified atom stereocenters. The van der Waals surface area contributed by atoms with Crippen LogP contribution in [0.2, 0.25) is 0 Å². The van der Waals surface area contributed by atoms with Crippen LogP contribution in [0.1, 0.15) is 249 Å². The van der Waals surface area contributed by atoms with Crippen LogP contribution in [-0.2, 0) is 28.6 Å². The van der Waals surface area contributed by atoms with Gasteiger partial charge in [-0.2, -0.15) is 0 Å². The van der Waals surface area contributed by atoms with Crippen LogP contribution >= 0.6 is 0 Å². The first kappa shape index (κ1) is 59.4. The van der Waals surface area contributed by atoms with Crippen LogP contribution in [-0.4, -0.2) is 50.8 Å². The van der Waals surface area contributed by atoms with E-state index in [1.54, 1.807) is 0 Å². The number of ether oxygens (including phenoxy) is 3. The lowest BCUT2D eigenvalue weighted by atomic mass is 9.91. The molecular formula is C54H105NO6. The number of hydrogen-bond acceptors (Lipinski definition) is 7. The maximum Gasteiger partial charge on any atom is 0.306 e. The summed E-state index contributed by atoms with van der Waals surface area (Å²) in [6.07, 6.45) is 29.2. The molecule has 0 heterocycles. The predicted octanol–water partition coefficient (Wildman–Crippen LogP) is 15.3. The minimum Gasteiger partial charge on any atom is -0.466 e. The summed E-state index contributed by atoms with van der Waals surface area (Å²) in [4.78, 5) is 37.7. The summed E-state index contributed by atoms with van der Waals surface area (Å²) in [5, 5.41) is 3.07. The maximum atomic E-state index is 12.6. The van der Waals surface area contributed by atoms with Gasteiger partial charge in [0.15, 0.2) is 0 Å². The Morgan fingerprint density at radius 3 is 0.967 bits per heavy atom. The summed E-state index contributed by atoms with van der Waals surface area (Å²) in [5.74, 6) is 5.40. The zero-order valence-corrected chi connectivity index (χ0v) is 42.6. The topological polar surface area (TPSA) is 90.9 Å². The van der Waals surface area contributed by atoms with E-state index < -0.39 is 0 Å². The number of rotatable bonds is 43. The first-order valence-corrected chi connectivity index (χ1v) is 26.3. The van der Waals surface area contributed by atoms with E-state index in [2.05, 4.69) is 74.6 Å². The van der Waals surface area contributed by atoms with Gasteiger partial charge in [0.05, 0.1) is 13.2 Å². The molecular weight excluding hydrogens is 759 g/mol. The van der Waals surface area contributed by atoms with Crippen molar-refractivity contribution in [1.29, 1.82) is 0 Å². The van der Waals surface area contributed by atoms with E-state index in [0.29, 0.717) is 76.4 Å². The zero-order chi connectivity index (χ0) is 45.7. The third kappa shape index (κ3) is 40.9. The van der Waals surface area contributed by atoms with Crippen molar-refractivity contribution in [3.63, 3.8) is 0 Å². The van der Waals surface area contributed by atoms with Gasteiger partial charge in [0.2, 0.25) is 0 Å². The molecule has 6 atom stereocenters. The monoisotopic (exact) mass is 864 g/mol. The Morgan fingerprint density at radius 2 is 0.656 bits per heavy atom. The van der Waals surface area contributed by atoms with Crippen molar-refractivity contribution in [3.8, 4) is 0 Å². The SMILES string of the molecule is CNCCCC(=O)OC(CCCC(=O)OCCC(C)CCCC(C)CCCC(C)CCCC(C)C)CCCC(=O)OCCC(C)CCCC(C)CCCC(C)CCCC(C)C. The van der Waals surface area contributed by atoms with Crippen molar-refractivity contribution in [2.45, 2.75) is 255 Å². The Balaban J connectivity index is 4.30. The van der Waals surface area contributed by atoms with Crippen molar-refractivity contribution in [1.82, 2.24) is 5.32 Å². The summed E-state index contributed by atoms with van der Waals surface area (Å²) >= 11 is 0. The number of nitrogens with one attached hydrogen (secondary N) is 1. The number of carbonyl (C=O) groups excluding carboxylic acids is 3. The Bertz CT molecular complexity index is 963. The molecule has 0 fully saturated rings.